The Hall–Kier alpha value is -1.78. The highest BCUT2D eigenvalue weighted by molar-refractivity contribution is 7.31. The second-order valence-electron chi connectivity index (χ2n) is 7.47. The molecular formula is C22H26F3O3P. The van der Waals surface area contributed by atoms with Gasteiger partial charge in [-0.25, -0.2) is 0 Å². The average molecular weight is 426 g/mol. The van der Waals surface area contributed by atoms with Gasteiger partial charge in [0.05, 0.1) is 14.4 Å². The van der Waals surface area contributed by atoms with E-state index < -0.39 is 11.7 Å². The van der Waals surface area contributed by atoms with Crippen molar-refractivity contribution in [1.29, 1.82) is 0 Å². The van der Waals surface area contributed by atoms with Crippen molar-refractivity contribution < 1.29 is 27.5 Å². The average Bonchev–Trinajstić information content (AvgIpc) is 3.08. The molecule has 0 aliphatic heterocycles. The molecule has 0 saturated carbocycles. The fourth-order valence-corrected chi connectivity index (χ4v) is 4.42. The zero-order valence-corrected chi connectivity index (χ0v) is 17.8. The number of hydrogen-bond acceptors (Lipinski definition) is 3. The van der Waals surface area contributed by atoms with Gasteiger partial charge in [0.25, 0.3) is 0 Å². The van der Waals surface area contributed by atoms with E-state index in [9.17, 15) is 18.3 Å². The number of halogens is 3. The van der Waals surface area contributed by atoms with Crippen molar-refractivity contribution in [1.82, 2.24) is 0 Å². The van der Waals surface area contributed by atoms with Crippen LogP contribution in [-0.2, 0) is 17.1 Å². The Kier molecular flexibility index (Phi) is 6.75. The van der Waals surface area contributed by atoms with E-state index in [1.165, 1.54) is 0 Å². The lowest BCUT2D eigenvalue weighted by atomic mass is 9.87. The van der Waals surface area contributed by atoms with Gasteiger partial charge in [-0.05, 0) is 66.1 Å². The molecule has 3 nitrogen and oxygen atoms in total. The molecule has 2 aromatic rings. The maximum atomic E-state index is 13.9. The lowest BCUT2D eigenvalue weighted by Crippen LogP contribution is -2.12. The molecule has 2 aromatic carbocycles. The number of hydrogen-bond donors (Lipinski definition) is 1. The van der Waals surface area contributed by atoms with Crippen LogP contribution in [-0.4, -0.2) is 18.1 Å². The molecule has 0 heterocycles. The first-order chi connectivity index (χ1) is 13.7. The molecule has 3 rings (SSSR count). The van der Waals surface area contributed by atoms with E-state index in [1.54, 1.807) is 18.2 Å². The number of alkyl halides is 3. The van der Waals surface area contributed by atoms with Crippen molar-refractivity contribution >= 4 is 8.81 Å². The summed E-state index contributed by atoms with van der Waals surface area (Å²) in [5, 5.41) is 10.1. The van der Waals surface area contributed by atoms with Gasteiger partial charge in [0, 0.05) is 12.5 Å². The highest BCUT2D eigenvalue weighted by atomic mass is 31.1. The molecule has 0 aromatic heterocycles. The normalized spacial score (nSPS) is 16.7. The highest BCUT2D eigenvalue weighted by Gasteiger charge is 2.40. The predicted octanol–water partition coefficient (Wildman–Crippen LogP) is 6.58. The summed E-state index contributed by atoms with van der Waals surface area (Å²) in [5.74, 6) is 0.147. The molecule has 29 heavy (non-hydrogen) atoms. The van der Waals surface area contributed by atoms with Gasteiger partial charge in [0.15, 0.2) is 0 Å². The number of phenolic OH excluding ortho intramolecular Hbond substituents is 1. The topological polar surface area (TPSA) is 38.7 Å². The molecule has 0 spiro atoms. The summed E-state index contributed by atoms with van der Waals surface area (Å²) in [5.41, 5.74) is 1.94. The Morgan fingerprint density at radius 3 is 2.62 bits per heavy atom. The Morgan fingerprint density at radius 2 is 1.97 bits per heavy atom. The molecule has 0 saturated heterocycles. The lowest BCUT2D eigenvalue weighted by Gasteiger charge is -2.21. The lowest BCUT2D eigenvalue weighted by molar-refractivity contribution is -0.138. The van der Waals surface area contributed by atoms with E-state index in [1.807, 2.05) is 26.8 Å². The molecule has 0 radical (unpaired) electrons. The van der Waals surface area contributed by atoms with Crippen LogP contribution < -0.4 is 4.74 Å². The molecule has 158 valence electrons. The van der Waals surface area contributed by atoms with Crippen molar-refractivity contribution in [2.75, 3.05) is 13.0 Å². The van der Waals surface area contributed by atoms with Crippen LogP contribution in [0, 0.1) is 0 Å². The molecule has 2 atom stereocenters. The number of ether oxygens (including phenoxy) is 1. The second-order valence-corrected chi connectivity index (χ2v) is 8.34. The van der Waals surface area contributed by atoms with Gasteiger partial charge in [-0.1, -0.05) is 26.0 Å². The molecule has 1 N–H and O–H groups in total. The van der Waals surface area contributed by atoms with Crippen molar-refractivity contribution in [3.63, 3.8) is 0 Å². The SMILES string of the molecule is CCOPCOc1cc2c(c(C(F)(F)F)c1)C(c1ccc(O)c(C(C)C)c1)CC2. The van der Waals surface area contributed by atoms with Crippen LogP contribution in [0.15, 0.2) is 30.3 Å². The zero-order valence-electron chi connectivity index (χ0n) is 16.8. The van der Waals surface area contributed by atoms with Gasteiger partial charge in [-0.15, -0.1) is 0 Å². The van der Waals surface area contributed by atoms with Gasteiger partial charge in [-0.2, -0.15) is 13.2 Å². The fraction of sp³-hybridized carbons (Fsp3) is 0.455. The summed E-state index contributed by atoms with van der Waals surface area (Å²) in [6, 6.07) is 7.99. The van der Waals surface area contributed by atoms with Gasteiger partial charge >= 0.3 is 6.18 Å². The van der Waals surface area contributed by atoms with Gasteiger partial charge in [0.2, 0.25) is 0 Å². The van der Waals surface area contributed by atoms with Crippen molar-refractivity contribution in [3.05, 3.63) is 58.1 Å². The predicted molar refractivity (Wildman–Crippen MR) is 109 cm³/mol. The van der Waals surface area contributed by atoms with Gasteiger partial charge in [0.1, 0.15) is 17.8 Å². The van der Waals surface area contributed by atoms with Crippen LogP contribution in [0.25, 0.3) is 0 Å². The Labute approximate surface area is 171 Å². The zero-order chi connectivity index (χ0) is 21.2. The van der Waals surface area contributed by atoms with Crippen LogP contribution in [0.5, 0.6) is 11.5 Å². The Morgan fingerprint density at radius 1 is 1.21 bits per heavy atom. The third-order valence-electron chi connectivity index (χ3n) is 5.22. The molecular weight excluding hydrogens is 400 g/mol. The van der Waals surface area contributed by atoms with Gasteiger partial charge in [-0.3, -0.25) is 0 Å². The first-order valence-corrected chi connectivity index (χ1v) is 10.9. The summed E-state index contributed by atoms with van der Waals surface area (Å²) in [6.07, 6.45) is -3.06. The highest BCUT2D eigenvalue weighted by Crippen LogP contribution is 2.48. The summed E-state index contributed by atoms with van der Waals surface area (Å²) in [4.78, 5) is 0. The Balaban J connectivity index is 1.99. The maximum Gasteiger partial charge on any atom is 0.416 e. The number of phenols is 1. The summed E-state index contributed by atoms with van der Waals surface area (Å²) < 4.78 is 52.5. The fourth-order valence-electron chi connectivity index (χ4n) is 3.91. The summed E-state index contributed by atoms with van der Waals surface area (Å²) in [7, 11) is 0.0916. The van der Waals surface area contributed by atoms with Crippen molar-refractivity contribution in [2.45, 2.75) is 51.6 Å². The molecule has 2 unspecified atom stereocenters. The van der Waals surface area contributed by atoms with Crippen LogP contribution in [0.4, 0.5) is 13.2 Å². The monoisotopic (exact) mass is 426 g/mol. The Bertz CT molecular complexity index is 865. The third kappa shape index (κ3) is 4.87. The standard InChI is InChI=1S/C22H26F3O3P/c1-4-28-29-12-27-16-9-15-5-7-17(21(15)19(11-16)22(23,24)25)14-6-8-20(26)18(10-14)13(2)3/h6,8-11,13,17,26,29H,4-5,7,12H2,1-3H3. The molecule has 1 aliphatic rings. The van der Waals surface area contributed by atoms with Crippen LogP contribution in [0.3, 0.4) is 0 Å². The van der Waals surface area contributed by atoms with Crippen molar-refractivity contribution in [3.8, 4) is 11.5 Å². The number of fused-ring (bicyclic) bond motifs is 1. The van der Waals surface area contributed by atoms with E-state index >= 15 is 0 Å². The first kappa shape index (κ1) is 21.9. The number of benzene rings is 2. The molecule has 7 heteroatoms. The van der Waals surface area contributed by atoms with E-state index in [-0.39, 0.29) is 38.5 Å². The third-order valence-corrected chi connectivity index (χ3v) is 5.97. The largest absolute Gasteiger partial charge is 0.508 e. The van der Waals surface area contributed by atoms with Crippen LogP contribution >= 0.6 is 8.81 Å². The minimum Gasteiger partial charge on any atom is -0.508 e. The molecule has 0 bridgehead atoms. The first-order valence-electron chi connectivity index (χ1n) is 9.76. The van der Waals surface area contributed by atoms with E-state index in [4.69, 9.17) is 9.26 Å². The van der Waals surface area contributed by atoms with E-state index in [0.29, 0.717) is 30.6 Å². The quantitative estimate of drug-likeness (QED) is 0.402. The number of rotatable bonds is 7. The summed E-state index contributed by atoms with van der Waals surface area (Å²) in [6.45, 7) is 6.31. The second kappa shape index (κ2) is 8.93. The van der Waals surface area contributed by atoms with Crippen LogP contribution in [0.2, 0.25) is 0 Å². The molecule has 0 amide bonds. The van der Waals surface area contributed by atoms with E-state index in [2.05, 4.69) is 0 Å². The van der Waals surface area contributed by atoms with Gasteiger partial charge < -0.3 is 14.4 Å². The maximum absolute atomic E-state index is 13.9. The minimum atomic E-state index is -4.47. The number of aryl methyl sites for hydroxylation is 1. The number of aromatic hydroxyl groups is 1. The van der Waals surface area contributed by atoms with Crippen LogP contribution in [0.1, 0.15) is 66.8 Å². The minimum absolute atomic E-state index is 0.0832. The smallest absolute Gasteiger partial charge is 0.416 e. The van der Waals surface area contributed by atoms with E-state index in [0.717, 1.165) is 17.2 Å². The van der Waals surface area contributed by atoms with Crippen molar-refractivity contribution in [2.24, 2.45) is 0 Å². The molecule has 0 fully saturated rings. The molecule has 1 aliphatic carbocycles. The summed E-state index contributed by atoms with van der Waals surface area (Å²) >= 11 is 0.